The minimum atomic E-state index is 0.00906. The Kier molecular flexibility index (Phi) is 7.09. The van der Waals surface area contributed by atoms with E-state index in [0.29, 0.717) is 11.8 Å². The summed E-state index contributed by atoms with van der Waals surface area (Å²) in [6.07, 6.45) is 4.31. The SMILES string of the molecule is C[I-]CC[C@@]1(C)c2c(O)cc(O)cc2C[C@@H]1[C@@H](C)CCCN(C)Cl. The number of hydrogen-bond donors (Lipinski definition) is 2. The zero-order valence-electron chi connectivity index (χ0n) is 15.1. The second kappa shape index (κ2) is 8.45. The molecule has 0 bridgehead atoms. The molecule has 0 unspecified atom stereocenters. The number of nitrogens with zero attached hydrogens (tertiary/aromatic N) is 1. The van der Waals surface area contributed by atoms with E-state index >= 15 is 0 Å². The average molecular weight is 467 g/mol. The summed E-state index contributed by atoms with van der Waals surface area (Å²) < 4.78 is 2.99. The average Bonchev–Trinajstić information content (AvgIpc) is 2.78. The first-order valence-corrected chi connectivity index (χ1v) is 12.7. The number of halogens is 2. The van der Waals surface area contributed by atoms with E-state index in [0.717, 1.165) is 43.4 Å². The van der Waals surface area contributed by atoms with Crippen molar-refractivity contribution < 1.29 is 31.4 Å². The molecule has 0 radical (unpaired) electrons. The third-order valence-corrected chi connectivity index (χ3v) is 7.42. The second-order valence-electron chi connectivity index (χ2n) is 7.38. The van der Waals surface area contributed by atoms with Crippen molar-refractivity contribution in [3.05, 3.63) is 23.3 Å². The Hall–Kier alpha value is -0.200. The van der Waals surface area contributed by atoms with Gasteiger partial charge in [-0.3, -0.25) is 0 Å². The van der Waals surface area contributed by atoms with Crippen LogP contribution in [0.5, 0.6) is 11.5 Å². The van der Waals surface area contributed by atoms with Crippen LogP contribution >= 0.6 is 11.8 Å². The summed E-state index contributed by atoms with van der Waals surface area (Å²) in [5.74, 6) is 1.53. The molecule has 0 saturated carbocycles. The molecule has 0 spiro atoms. The van der Waals surface area contributed by atoms with Crippen molar-refractivity contribution in [3.63, 3.8) is 0 Å². The quantitative estimate of drug-likeness (QED) is 0.343. The van der Waals surface area contributed by atoms with Gasteiger partial charge in [0, 0.05) is 0 Å². The fourth-order valence-corrected chi connectivity index (χ4v) is 6.18. The molecule has 0 saturated heterocycles. The van der Waals surface area contributed by atoms with E-state index in [2.05, 4.69) is 18.8 Å². The fourth-order valence-electron chi connectivity index (χ4n) is 4.40. The summed E-state index contributed by atoms with van der Waals surface area (Å²) in [6, 6.07) is 3.36. The van der Waals surface area contributed by atoms with Gasteiger partial charge in [-0.15, -0.1) is 0 Å². The van der Waals surface area contributed by atoms with Gasteiger partial charge in [0.05, 0.1) is 0 Å². The zero-order chi connectivity index (χ0) is 17.9. The number of alkyl halides is 2. The molecule has 0 heterocycles. The number of fused-ring (bicyclic) bond motifs is 1. The predicted molar refractivity (Wildman–Crippen MR) is 96.6 cm³/mol. The number of phenols is 2. The molecule has 1 aromatic carbocycles. The monoisotopic (exact) mass is 466 g/mol. The predicted octanol–water partition coefficient (Wildman–Crippen LogP) is 1.14. The van der Waals surface area contributed by atoms with Crippen molar-refractivity contribution in [3.8, 4) is 11.5 Å². The number of phenolic OH excluding ortho intramolecular Hbond substituents is 2. The first-order valence-electron chi connectivity index (χ1n) is 8.65. The summed E-state index contributed by atoms with van der Waals surface area (Å²) in [5, 5.41) is 20.4. The normalized spacial score (nSPS) is 24.5. The van der Waals surface area contributed by atoms with E-state index in [1.807, 2.05) is 13.1 Å². The van der Waals surface area contributed by atoms with Crippen molar-refractivity contribution in [2.75, 3.05) is 23.0 Å². The number of aromatic hydroxyl groups is 2. The van der Waals surface area contributed by atoms with Crippen LogP contribution in [0.25, 0.3) is 0 Å². The Morgan fingerprint density at radius 2 is 2.12 bits per heavy atom. The van der Waals surface area contributed by atoms with Gasteiger partial charge in [0.2, 0.25) is 0 Å². The van der Waals surface area contributed by atoms with Gasteiger partial charge in [-0.2, -0.15) is 0 Å². The third kappa shape index (κ3) is 4.31. The van der Waals surface area contributed by atoms with E-state index in [1.165, 1.54) is 10.5 Å². The molecular weight excluding hydrogens is 437 g/mol. The molecule has 5 heteroatoms. The Labute approximate surface area is 161 Å². The van der Waals surface area contributed by atoms with Crippen molar-refractivity contribution in [2.45, 2.75) is 44.9 Å². The Balaban J connectivity index is 2.26. The van der Waals surface area contributed by atoms with E-state index in [4.69, 9.17) is 11.8 Å². The third-order valence-electron chi connectivity index (χ3n) is 5.63. The van der Waals surface area contributed by atoms with Crippen LogP contribution in [0.2, 0.25) is 0 Å². The molecular formula is C19H30ClINO2-. The van der Waals surface area contributed by atoms with E-state index in [-0.39, 0.29) is 38.1 Å². The number of rotatable bonds is 8. The fraction of sp³-hybridized carbons (Fsp3) is 0.684. The van der Waals surface area contributed by atoms with Gasteiger partial charge in [-0.25, -0.2) is 0 Å². The van der Waals surface area contributed by atoms with Gasteiger partial charge in [-0.05, 0) is 0 Å². The first-order chi connectivity index (χ1) is 11.3. The Morgan fingerprint density at radius 3 is 2.75 bits per heavy atom. The molecule has 0 aliphatic heterocycles. The van der Waals surface area contributed by atoms with E-state index < -0.39 is 0 Å². The van der Waals surface area contributed by atoms with Crippen molar-refractivity contribution in [1.29, 1.82) is 0 Å². The summed E-state index contributed by atoms with van der Waals surface area (Å²) in [5.41, 5.74) is 2.23. The van der Waals surface area contributed by atoms with E-state index in [9.17, 15) is 10.2 Å². The molecule has 2 rings (SSSR count). The molecule has 138 valence electrons. The minimum absolute atomic E-state index is 0.00906. The zero-order valence-corrected chi connectivity index (χ0v) is 18.1. The molecule has 0 aromatic heterocycles. The molecule has 3 nitrogen and oxygen atoms in total. The van der Waals surface area contributed by atoms with Crippen molar-refractivity contribution in [1.82, 2.24) is 4.42 Å². The molecule has 0 fully saturated rings. The summed E-state index contributed by atoms with van der Waals surface area (Å²) in [6.45, 7) is 5.56. The first kappa shape index (κ1) is 20.1. The van der Waals surface area contributed by atoms with Gasteiger partial charge in [0.15, 0.2) is 0 Å². The second-order valence-corrected chi connectivity index (χ2v) is 10.6. The standard InChI is InChI=1S/C19H30ClINO2/c1-13(6-5-9-22(4)20)16-11-14-10-15(23)12-17(24)18(14)19(16,2)7-8-21-3/h10,12-13,16,23-24H,5-9,11H2,1-4H3/q-1/t13-,16+,19+/m0/s1. The molecule has 24 heavy (non-hydrogen) atoms. The van der Waals surface area contributed by atoms with Crippen molar-refractivity contribution >= 4 is 11.8 Å². The van der Waals surface area contributed by atoms with Crippen LogP contribution in [-0.4, -0.2) is 37.6 Å². The summed E-state index contributed by atoms with van der Waals surface area (Å²) in [7, 11) is 1.90. The van der Waals surface area contributed by atoms with Gasteiger partial charge >= 0.3 is 162 Å². The van der Waals surface area contributed by atoms with Gasteiger partial charge in [0.1, 0.15) is 0 Å². The van der Waals surface area contributed by atoms with Crippen LogP contribution in [0.1, 0.15) is 44.2 Å². The summed E-state index contributed by atoms with van der Waals surface area (Å²) in [4.78, 5) is 2.32. The topological polar surface area (TPSA) is 43.7 Å². The van der Waals surface area contributed by atoms with Gasteiger partial charge in [-0.1, -0.05) is 0 Å². The van der Waals surface area contributed by atoms with E-state index in [1.54, 1.807) is 4.42 Å². The molecule has 0 amide bonds. The van der Waals surface area contributed by atoms with Crippen LogP contribution in [0.3, 0.4) is 0 Å². The van der Waals surface area contributed by atoms with Crippen LogP contribution in [0, 0.1) is 11.8 Å². The van der Waals surface area contributed by atoms with Crippen molar-refractivity contribution in [2.24, 2.45) is 11.8 Å². The Morgan fingerprint density at radius 1 is 1.42 bits per heavy atom. The van der Waals surface area contributed by atoms with Crippen LogP contribution in [0.4, 0.5) is 0 Å². The maximum absolute atomic E-state index is 10.5. The van der Waals surface area contributed by atoms with Gasteiger partial charge in [0.25, 0.3) is 0 Å². The molecule has 1 aliphatic carbocycles. The van der Waals surface area contributed by atoms with Gasteiger partial charge < -0.3 is 0 Å². The van der Waals surface area contributed by atoms with Crippen LogP contribution in [0.15, 0.2) is 12.1 Å². The van der Waals surface area contributed by atoms with Crippen LogP contribution < -0.4 is 21.2 Å². The molecule has 2 N–H and O–H groups in total. The maximum atomic E-state index is 10.5. The summed E-state index contributed by atoms with van der Waals surface area (Å²) >= 11 is 6.17. The Bertz CT molecular complexity index is 567. The van der Waals surface area contributed by atoms with Crippen LogP contribution in [-0.2, 0) is 11.8 Å². The number of benzene rings is 1. The molecule has 1 aliphatic rings. The molecule has 1 aromatic rings. The molecule has 3 atom stereocenters. The number of hydrogen-bond acceptors (Lipinski definition) is 3.